The molecule has 5 atom stereocenters. The van der Waals surface area contributed by atoms with Crippen LogP contribution in [0.4, 0.5) is 0 Å². The number of rotatable bonds is 17. The number of carboxylic acid groups (broad SMARTS) is 1. The van der Waals surface area contributed by atoms with Gasteiger partial charge in [-0.3, -0.25) is 19.3 Å². The maximum Gasteiger partial charge on any atom is 0.417 e. The number of aryl methyl sites for hydroxylation is 1. The van der Waals surface area contributed by atoms with Crippen LogP contribution in [-0.4, -0.2) is 118 Å². The average molecular weight is 715 g/mol. The molecule has 2 heterocycles. The van der Waals surface area contributed by atoms with E-state index in [0.29, 0.717) is 30.6 Å². The molecule has 0 aliphatic carbocycles. The van der Waals surface area contributed by atoms with Gasteiger partial charge in [-0.05, 0) is 36.1 Å². The zero-order chi connectivity index (χ0) is 36.9. The highest BCUT2D eigenvalue weighted by atomic mass is 16.7. The number of imide groups is 1. The van der Waals surface area contributed by atoms with Gasteiger partial charge in [0, 0.05) is 43.8 Å². The number of aliphatic hydroxyl groups is 3. The zero-order valence-corrected chi connectivity index (χ0v) is 27.3. The first-order chi connectivity index (χ1) is 24.4. The number of nitrogens with zero attached hydrogens (tertiary/aromatic N) is 1. The van der Waals surface area contributed by atoms with Crippen LogP contribution >= 0.6 is 0 Å². The smallest absolute Gasteiger partial charge is 0.417 e. The molecule has 1 saturated heterocycles. The molecule has 0 bridgehead atoms. The summed E-state index contributed by atoms with van der Waals surface area (Å²) in [4.78, 5) is 72.3. The lowest BCUT2D eigenvalue weighted by Crippen LogP contribution is -2.61. The van der Waals surface area contributed by atoms with Gasteiger partial charge < -0.3 is 49.4 Å². The van der Waals surface area contributed by atoms with Crippen LogP contribution in [0.3, 0.4) is 0 Å². The van der Waals surface area contributed by atoms with E-state index in [1.165, 1.54) is 6.07 Å². The van der Waals surface area contributed by atoms with Crippen molar-refractivity contribution in [2.45, 2.75) is 63.2 Å². The Morgan fingerprint density at radius 1 is 0.824 bits per heavy atom. The quantitative estimate of drug-likeness (QED) is 0.0578. The molecular formula is C34H38N2O15. The van der Waals surface area contributed by atoms with Crippen molar-refractivity contribution in [1.29, 1.82) is 0 Å². The summed E-state index contributed by atoms with van der Waals surface area (Å²) in [6.45, 7) is 0.00804. The second-order valence-electron chi connectivity index (χ2n) is 11.4. The molecule has 3 amide bonds. The minimum atomic E-state index is -1.93. The van der Waals surface area contributed by atoms with Crippen LogP contribution in [0.2, 0.25) is 0 Å². The number of aliphatic carboxylic acids is 1. The molecule has 2 aromatic carbocycles. The summed E-state index contributed by atoms with van der Waals surface area (Å²) in [5.74, 6) is -5.45. The van der Waals surface area contributed by atoms with E-state index in [9.17, 15) is 49.2 Å². The normalized spacial score (nSPS) is 21.3. The maximum absolute atomic E-state index is 12.4. The van der Waals surface area contributed by atoms with Crippen molar-refractivity contribution in [2.75, 3.05) is 26.3 Å². The van der Waals surface area contributed by atoms with Crippen LogP contribution in [0.15, 0.2) is 60.7 Å². The number of hydrogen-bond acceptors (Lipinski definition) is 14. The lowest BCUT2D eigenvalue weighted by atomic mass is 9.99. The summed E-state index contributed by atoms with van der Waals surface area (Å²) in [5, 5.41) is 42.6. The van der Waals surface area contributed by atoms with Crippen LogP contribution < -0.4 is 10.1 Å². The second-order valence-corrected chi connectivity index (χ2v) is 11.4. The van der Waals surface area contributed by atoms with Gasteiger partial charge in [-0.1, -0.05) is 36.4 Å². The number of nitrogens with one attached hydrogen (secondary N) is 1. The van der Waals surface area contributed by atoms with Crippen LogP contribution in [0.5, 0.6) is 5.75 Å². The highest BCUT2D eigenvalue weighted by molar-refractivity contribution is 6.29. The number of carbonyl (C=O) groups excluding carboxylic acids is 5. The number of hydrogen-bond donors (Lipinski definition) is 5. The first kappa shape index (κ1) is 38.6. The van der Waals surface area contributed by atoms with E-state index in [0.717, 1.165) is 17.1 Å². The minimum absolute atomic E-state index is 0.0249. The van der Waals surface area contributed by atoms with E-state index in [2.05, 4.69) is 5.32 Å². The lowest BCUT2D eigenvalue weighted by molar-refractivity contribution is -0.271. The maximum atomic E-state index is 12.4. The van der Waals surface area contributed by atoms with Crippen molar-refractivity contribution in [3.63, 3.8) is 0 Å². The number of esters is 2. The Bertz CT molecular complexity index is 1580. The fourth-order valence-electron chi connectivity index (χ4n) is 4.97. The van der Waals surface area contributed by atoms with Gasteiger partial charge in [-0.2, -0.15) is 0 Å². The third-order valence-corrected chi connectivity index (χ3v) is 7.70. The highest BCUT2D eigenvalue weighted by Gasteiger charge is 2.48. The summed E-state index contributed by atoms with van der Waals surface area (Å²) in [6, 6.07) is 13.3. The first-order valence-electron chi connectivity index (χ1n) is 15.9. The molecule has 17 heteroatoms. The molecule has 274 valence electrons. The minimum Gasteiger partial charge on any atom is -0.479 e. The fraction of sp³-hybridized carbons (Fsp3) is 0.412. The van der Waals surface area contributed by atoms with Gasteiger partial charge in [0.05, 0.1) is 6.61 Å². The van der Waals surface area contributed by atoms with Crippen molar-refractivity contribution in [3.05, 3.63) is 77.4 Å². The number of carboxylic acids is 1. The Hall–Kier alpha value is -5.20. The van der Waals surface area contributed by atoms with E-state index in [1.807, 2.05) is 0 Å². The molecule has 0 saturated carbocycles. The van der Waals surface area contributed by atoms with Crippen LogP contribution in [0.25, 0.3) is 0 Å². The lowest BCUT2D eigenvalue weighted by Gasteiger charge is -2.38. The summed E-state index contributed by atoms with van der Waals surface area (Å²) in [7, 11) is 0. The molecule has 2 aromatic rings. The number of benzene rings is 2. The number of ether oxygens (including phenoxy) is 5. The summed E-state index contributed by atoms with van der Waals surface area (Å²) >= 11 is 0. The van der Waals surface area contributed by atoms with E-state index in [-0.39, 0.29) is 49.9 Å². The van der Waals surface area contributed by atoms with Crippen molar-refractivity contribution in [1.82, 2.24) is 10.2 Å². The zero-order valence-electron chi connectivity index (χ0n) is 27.3. The number of aliphatic hydroxyl groups excluding tert-OH is 3. The van der Waals surface area contributed by atoms with Gasteiger partial charge in [0.2, 0.25) is 12.2 Å². The van der Waals surface area contributed by atoms with Crippen molar-refractivity contribution in [2.24, 2.45) is 0 Å². The Balaban J connectivity index is 1.29. The molecule has 2 aliphatic rings. The summed E-state index contributed by atoms with van der Waals surface area (Å²) < 4.78 is 26.6. The molecule has 0 unspecified atom stereocenters. The second kappa shape index (κ2) is 18.7. The SMILES string of the molecule is O=C(CCN1C(=O)C=CC1=O)NCCOCCCc1ccc(O[C@@H]2O[C@H](C(=O)O)[C@@H](O)[C@H](O)[C@H]2O)c(COC(=O)C(=O)OCc2ccccc2)c1. The summed E-state index contributed by atoms with van der Waals surface area (Å²) in [5.41, 5.74) is 1.55. The predicted molar refractivity (Wildman–Crippen MR) is 170 cm³/mol. The monoisotopic (exact) mass is 714 g/mol. The van der Waals surface area contributed by atoms with Gasteiger partial charge in [-0.25, -0.2) is 14.4 Å². The Morgan fingerprint density at radius 2 is 1.51 bits per heavy atom. The largest absolute Gasteiger partial charge is 0.479 e. The molecule has 1 fully saturated rings. The van der Waals surface area contributed by atoms with Gasteiger partial charge >= 0.3 is 17.9 Å². The predicted octanol–water partition coefficient (Wildman–Crippen LogP) is -0.875. The van der Waals surface area contributed by atoms with E-state index in [4.69, 9.17) is 23.7 Å². The Kier molecular flexibility index (Phi) is 14.2. The van der Waals surface area contributed by atoms with Gasteiger partial charge in [0.1, 0.15) is 37.3 Å². The van der Waals surface area contributed by atoms with E-state index >= 15 is 0 Å². The number of amides is 3. The molecule has 0 aromatic heterocycles. The molecule has 0 spiro atoms. The highest BCUT2D eigenvalue weighted by Crippen LogP contribution is 2.28. The van der Waals surface area contributed by atoms with Gasteiger partial charge in [0.25, 0.3) is 11.8 Å². The molecule has 4 rings (SSSR count). The standard InChI is InChI=1S/C34H38N2O15/c37-24(12-14-36-25(38)10-11-26(36)39)35-13-16-47-15-4-7-20-8-9-23(50-34-29(42)27(40)28(41)30(51-34)31(43)44)22(17-20)19-49-33(46)32(45)48-18-21-5-2-1-3-6-21/h1-3,5-6,8-11,17,27-30,34,40-42H,4,7,12-16,18-19H2,(H,35,37)(H,43,44)/t27-,28-,29+,30-,34+/m0/s1. The molecule has 17 nitrogen and oxygen atoms in total. The van der Waals surface area contributed by atoms with Gasteiger partial charge in [0.15, 0.2) is 6.10 Å². The third kappa shape index (κ3) is 11.1. The van der Waals surface area contributed by atoms with Crippen molar-refractivity contribution >= 4 is 35.6 Å². The molecule has 51 heavy (non-hydrogen) atoms. The third-order valence-electron chi connectivity index (χ3n) is 7.70. The van der Waals surface area contributed by atoms with Crippen molar-refractivity contribution in [3.8, 4) is 5.75 Å². The Labute approximate surface area is 291 Å². The van der Waals surface area contributed by atoms with E-state index in [1.54, 1.807) is 42.5 Å². The first-order valence-corrected chi connectivity index (χ1v) is 15.9. The molecule has 2 aliphatic heterocycles. The van der Waals surface area contributed by atoms with Crippen molar-refractivity contribution < 1.29 is 72.9 Å². The topological polar surface area (TPSA) is 245 Å². The van der Waals surface area contributed by atoms with Gasteiger partial charge in [-0.15, -0.1) is 0 Å². The van der Waals surface area contributed by atoms with Crippen LogP contribution in [-0.2, 0) is 67.3 Å². The average Bonchev–Trinajstić information content (AvgIpc) is 3.45. The van der Waals surface area contributed by atoms with Crippen LogP contribution in [0.1, 0.15) is 29.5 Å². The van der Waals surface area contributed by atoms with Crippen LogP contribution in [0, 0.1) is 0 Å². The summed E-state index contributed by atoms with van der Waals surface area (Å²) in [6.07, 6.45) is -6.13. The Morgan fingerprint density at radius 3 is 2.20 bits per heavy atom. The van der Waals surface area contributed by atoms with E-state index < -0.39 is 67.0 Å². The molecule has 5 N–H and O–H groups in total. The fourth-order valence-corrected chi connectivity index (χ4v) is 4.97. The number of carbonyl (C=O) groups is 6. The molecule has 0 radical (unpaired) electrons. The molecular weight excluding hydrogens is 676 g/mol.